The molecule has 0 aliphatic carbocycles. The van der Waals surface area contributed by atoms with Crippen molar-refractivity contribution in [2.45, 2.75) is 18.6 Å². The van der Waals surface area contributed by atoms with Gasteiger partial charge in [0.1, 0.15) is 0 Å². The Morgan fingerprint density at radius 2 is 2.07 bits per heavy atom. The summed E-state index contributed by atoms with van der Waals surface area (Å²) in [6.07, 6.45) is 0. The number of aromatic nitrogens is 2. The Bertz CT molecular complexity index is 1070. The van der Waals surface area contributed by atoms with Crippen molar-refractivity contribution in [1.29, 1.82) is 0 Å². The summed E-state index contributed by atoms with van der Waals surface area (Å²) in [6, 6.07) is 13.0. The molecule has 3 rings (SSSR count). The van der Waals surface area contributed by atoms with Crippen molar-refractivity contribution in [1.82, 2.24) is 9.55 Å². The molecule has 0 unspecified atom stereocenters. The number of benzene rings is 2. The number of ether oxygens (including phenoxy) is 1. The highest BCUT2D eigenvalue weighted by molar-refractivity contribution is 9.10. The van der Waals surface area contributed by atoms with Crippen LogP contribution in [-0.2, 0) is 16.1 Å². The predicted octanol–water partition coefficient (Wildman–Crippen LogP) is 3.84. The van der Waals surface area contributed by atoms with Crippen LogP contribution < -0.4 is 10.9 Å². The predicted molar refractivity (Wildman–Crippen MR) is 116 cm³/mol. The third kappa shape index (κ3) is 4.81. The van der Waals surface area contributed by atoms with E-state index in [9.17, 15) is 9.59 Å². The molecule has 0 bridgehead atoms. The fourth-order valence-corrected chi connectivity index (χ4v) is 3.88. The summed E-state index contributed by atoms with van der Waals surface area (Å²) in [5, 5.41) is 3.92. The van der Waals surface area contributed by atoms with Crippen molar-refractivity contribution in [3.8, 4) is 0 Å². The summed E-state index contributed by atoms with van der Waals surface area (Å²) >= 11 is 4.63. The normalized spacial score (nSPS) is 11.0. The average molecular weight is 462 g/mol. The molecule has 2 aromatic carbocycles. The molecule has 0 aliphatic heterocycles. The first kappa shape index (κ1) is 20.6. The van der Waals surface area contributed by atoms with Crippen molar-refractivity contribution in [2.24, 2.45) is 0 Å². The fourth-order valence-electron chi connectivity index (χ4n) is 2.69. The van der Waals surface area contributed by atoms with Gasteiger partial charge >= 0.3 is 0 Å². The SMILES string of the molecule is COCCn1c(SCC(=O)Nc2ccccc2C)nc2ccc(Br)cc2c1=O. The van der Waals surface area contributed by atoms with Crippen LogP contribution in [0.3, 0.4) is 0 Å². The van der Waals surface area contributed by atoms with Gasteiger partial charge in [-0.1, -0.05) is 45.9 Å². The van der Waals surface area contributed by atoms with Gasteiger partial charge in [-0.15, -0.1) is 0 Å². The van der Waals surface area contributed by atoms with Crippen LogP contribution in [0, 0.1) is 6.92 Å². The first-order valence-corrected chi connectivity index (χ1v) is 10.4. The van der Waals surface area contributed by atoms with E-state index in [-0.39, 0.29) is 17.2 Å². The lowest BCUT2D eigenvalue weighted by Gasteiger charge is -2.13. The molecule has 0 saturated heterocycles. The molecule has 0 radical (unpaired) electrons. The zero-order valence-corrected chi connectivity index (χ0v) is 18.0. The van der Waals surface area contributed by atoms with E-state index in [1.54, 1.807) is 23.8 Å². The molecule has 0 aliphatic rings. The van der Waals surface area contributed by atoms with Gasteiger partial charge in [0.15, 0.2) is 5.16 Å². The van der Waals surface area contributed by atoms with Crippen LogP contribution in [0.5, 0.6) is 0 Å². The number of hydrogen-bond donors (Lipinski definition) is 1. The van der Waals surface area contributed by atoms with Gasteiger partial charge in [0.2, 0.25) is 5.91 Å². The fraction of sp³-hybridized carbons (Fsp3) is 0.250. The Balaban J connectivity index is 1.84. The molecule has 146 valence electrons. The first-order valence-electron chi connectivity index (χ1n) is 8.67. The maximum Gasteiger partial charge on any atom is 0.262 e. The molecule has 1 heterocycles. The summed E-state index contributed by atoms with van der Waals surface area (Å²) < 4.78 is 7.50. The monoisotopic (exact) mass is 461 g/mol. The topological polar surface area (TPSA) is 73.2 Å². The van der Waals surface area contributed by atoms with Crippen LogP contribution in [0.15, 0.2) is 56.9 Å². The van der Waals surface area contributed by atoms with E-state index in [1.807, 2.05) is 37.3 Å². The van der Waals surface area contributed by atoms with Crippen LogP contribution in [0.2, 0.25) is 0 Å². The minimum atomic E-state index is -0.150. The lowest BCUT2D eigenvalue weighted by molar-refractivity contribution is -0.113. The Hall–Kier alpha value is -2.16. The number of para-hydroxylation sites is 1. The zero-order valence-electron chi connectivity index (χ0n) is 15.6. The zero-order chi connectivity index (χ0) is 20.1. The number of methoxy groups -OCH3 is 1. The van der Waals surface area contributed by atoms with Crippen LogP contribution in [0.4, 0.5) is 5.69 Å². The molecular weight excluding hydrogens is 442 g/mol. The molecule has 1 amide bonds. The Morgan fingerprint density at radius 1 is 1.29 bits per heavy atom. The second-order valence-corrected chi connectivity index (χ2v) is 8.02. The van der Waals surface area contributed by atoms with E-state index < -0.39 is 0 Å². The van der Waals surface area contributed by atoms with Crippen LogP contribution in [0.25, 0.3) is 10.9 Å². The number of anilines is 1. The van der Waals surface area contributed by atoms with Crippen molar-refractivity contribution >= 4 is 50.2 Å². The molecule has 1 N–H and O–H groups in total. The number of nitrogens with one attached hydrogen (secondary N) is 1. The van der Waals surface area contributed by atoms with Crippen molar-refractivity contribution in [3.05, 3.63) is 62.9 Å². The average Bonchev–Trinajstić information content (AvgIpc) is 2.68. The minimum Gasteiger partial charge on any atom is -0.383 e. The number of nitrogens with zero attached hydrogens (tertiary/aromatic N) is 2. The van der Waals surface area contributed by atoms with E-state index in [0.29, 0.717) is 29.2 Å². The molecule has 3 aromatic rings. The third-order valence-electron chi connectivity index (χ3n) is 4.15. The number of carbonyl (C=O) groups is 1. The number of amides is 1. The standard InChI is InChI=1S/C20H20BrN3O3S/c1-13-5-3-4-6-16(13)22-18(25)12-28-20-23-17-8-7-14(21)11-15(17)19(26)24(20)9-10-27-2/h3-8,11H,9-10,12H2,1-2H3,(H,22,25). The van der Waals surface area contributed by atoms with Crippen molar-refractivity contribution in [2.75, 3.05) is 24.8 Å². The molecule has 1 aromatic heterocycles. The number of fused-ring (bicyclic) bond motifs is 1. The largest absolute Gasteiger partial charge is 0.383 e. The molecule has 0 atom stereocenters. The summed E-state index contributed by atoms with van der Waals surface area (Å²) in [4.78, 5) is 29.9. The van der Waals surface area contributed by atoms with Crippen molar-refractivity contribution < 1.29 is 9.53 Å². The molecule has 0 spiro atoms. The van der Waals surface area contributed by atoms with E-state index in [4.69, 9.17) is 4.74 Å². The van der Waals surface area contributed by atoms with Crippen molar-refractivity contribution in [3.63, 3.8) is 0 Å². The molecule has 28 heavy (non-hydrogen) atoms. The van der Waals surface area contributed by atoms with Crippen LogP contribution in [0.1, 0.15) is 5.56 Å². The molecular formula is C20H20BrN3O3S. The van der Waals surface area contributed by atoms with E-state index in [2.05, 4.69) is 26.2 Å². The third-order valence-corrected chi connectivity index (χ3v) is 5.62. The number of rotatable bonds is 7. The van der Waals surface area contributed by atoms with Gasteiger partial charge in [0.05, 0.1) is 29.8 Å². The summed E-state index contributed by atoms with van der Waals surface area (Å²) in [5.41, 5.74) is 2.22. The number of carbonyl (C=O) groups excluding carboxylic acids is 1. The second-order valence-electron chi connectivity index (χ2n) is 6.16. The summed E-state index contributed by atoms with van der Waals surface area (Å²) in [7, 11) is 1.58. The minimum absolute atomic E-state index is 0.148. The summed E-state index contributed by atoms with van der Waals surface area (Å²) in [5.74, 6) is -0.00164. The highest BCUT2D eigenvalue weighted by Crippen LogP contribution is 2.21. The number of aryl methyl sites for hydroxylation is 1. The van der Waals surface area contributed by atoms with Gasteiger partial charge in [-0.25, -0.2) is 4.98 Å². The van der Waals surface area contributed by atoms with Gasteiger partial charge in [0.25, 0.3) is 5.56 Å². The molecule has 8 heteroatoms. The molecule has 6 nitrogen and oxygen atoms in total. The first-order chi connectivity index (χ1) is 13.5. The lowest BCUT2D eigenvalue weighted by atomic mass is 10.2. The Morgan fingerprint density at radius 3 is 2.82 bits per heavy atom. The maximum absolute atomic E-state index is 12.9. The van der Waals surface area contributed by atoms with Gasteiger partial charge in [-0.2, -0.15) is 0 Å². The smallest absolute Gasteiger partial charge is 0.262 e. The Kier molecular flexibility index (Phi) is 6.88. The summed E-state index contributed by atoms with van der Waals surface area (Å²) in [6.45, 7) is 2.69. The van der Waals surface area contributed by atoms with Gasteiger partial charge in [0, 0.05) is 17.3 Å². The molecule has 0 saturated carbocycles. The van der Waals surface area contributed by atoms with E-state index >= 15 is 0 Å². The van der Waals surface area contributed by atoms with E-state index in [0.717, 1.165) is 15.7 Å². The second kappa shape index (κ2) is 9.36. The van der Waals surface area contributed by atoms with Gasteiger partial charge < -0.3 is 10.1 Å². The lowest BCUT2D eigenvalue weighted by Crippen LogP contribution is -2.26. The maximum atomic E-state index is 12.9. The van der Waals surface area contributed by atoms with Crippen LogP contribution in [-0.4, -0.2) is 34.9 Å². The highest BCUT2D eigenvalue weighted by atomic mass is 79.9. The number of halogens is 1. The Labute approximate surface area is 175 Å². The quantitative estimate of drug-likeness (QED) is 0.427. The van der Waals surface area contributed by atoms with Gasteiger partial charge in [-0.3, -0.25) is 14.2 Å². The molecule has 0 fully saturated rings. The number of hydrogen-bond acceptors (Lipinski definition) is 5. The van der Waals surface area contributed by atoms with Crippen LogP contribution >= 0.6 is 27.7 Å². The highest BCUT2D eigenvalue weighted by Gasteiger charge is 2.14. The van der Waals surface area contributed by atoms with E-state index in [1.165, 1.54) is 11.8 Å². The number of thioether (sulfide) groups is 1. The van der Waals surface area contributed by atoms with Gasteiger partial charge in [-0.05, 0) is 36.8 Å².